The average Bonchev–Trinajstić information content (AvgIpc) is 2.54. The predicted molar refractivity (Wildman–Crippen MR) is 91.6 cm³/mol. The van der Waals surface area contributed by atoms with E-state index in [4.69, 9.17) is 0 Å². The molecule has 0 radical (unpaired) electrons. The van der Waals surface area contributed by atoms with Crippen LogP contribution < -0.4 is 0 Å². The molecule has 1 aliphatic rings. The number of fused-ring (bicyclic) bond motifs is 1. The third kappa shape index (κ3) is 2.55. The number of benzene rings is 2. The standard InChI is InChI=1S/C21H24/c1-4-15(2)18-10-7-8-12-20(18)21-16(3)13-14-17-9-5-6-11-19(17)21/h5-12,15H,4,13-14H2,1-3H3. The molecule has 0 aromatic heterocycles. The topological polar surface area (TPSA) is 0 Å². The molecule has 21 heavy (non-hydrogen) atoms. The van der Waals surface area contributed by atoms with Gasteiger partial charge in [0.05, 0.1) is 0 Å². The molecule has 0 saturated carbocycles. The van der Waals surface area contributed by atoms with Gasteiger partial charge in [0, 0.05) is 0 Å². The highest BCUT2D eigenvalue weighted by Gasteiger charge is 2.20. The van der Waals surface area contributed by atoms with E-state index in [1.807, 2.05) is 0 Å². The summed E-state index contributed by atoms with van der Waals surface area (Å²) in [5, 5.41) is 0. The first-order chi connectivity index (χ1) is 10.2. The number of hydrogen-bond donors (Lipinski definition) is 0. The molecule has 0 spiro atoms. The van der Waals surface area contributed by atoms with Gasteiger partial charge >= 0.3 is 0 Å². The van der Waals surface area contributed by atoms with Crippen LogP contribution in [0.5, 0.6) is 0 Å². The van der Waals surface area contributed by atoms with Crippen LogP contribution in [0.2, 0.25) is 0 Å². The van der Waals surface area contributed by atoms with Crippen LogP contribution in [0.3, 0.4) is 0 Å². The lowest BCUT2D eigenvalue weighted by Crippen LogP contribution is -2.07. The molecule has 0 heterocycles. The summed E-state index contributed by atoms with van der Waals surface area (Å²) >= 11 is 0. The Labute approximate surface area is 128 Å². The van der Waals surface area contributed by atoms with Crippen LogP contribution in [0.25, 0.3) is 5.57 Å². The Morgan fingerprint density at radius 1 is 0.905 bits per heavy atom. The third-order valence-electron chi connectivity index (χ3n) is 4.86. The van der Waals surface area contributed by atoms with Crippen molar-refractivity contribution >= 4 is 5.57 Å². The number of hydrogen-bond acceptors (Lipinski definition) is 0. The highest BCUT2D eigenvalue weighted by molar-refractivity contribution is 5.86. The summed E-state index contributed by atoms with van der Waals surface area (Å²) in [6, 6.07) is 17.9. The molecule has 0 aliphatic heterocycles. The van der Waals surface area contributed by atoms with Crippen molar-refractivity contribution in [2.75, 3.05) is 0 Å². The Hall–Kier alpha value is -1.82. The van der Waals surface area contributed by atoms with Gasteiger partial charge < -0.3 is 0 Å². The number of rotatable bonds is 3. The fourth-order valence-electron chi connectivity index (χ4n) is 3.41. The Kier molecular flexibility index (Phi) is 3.96. The fraction of sp³-hybridized carbons (Fsp3) is 0.333. The van der Waals surface area contributed by atoms with Crippen LogP contribution in [0.4, 0.5) is 0 Å². The minimum absolute atomic E-state index is 0.607. The first-order valence-corrected chi connectivity index (χ1v) is 8.09. The van der Waals surface area contributed by atoms with Crippen LogP contribution in [-0.2, 0) is 6.42 Å². The minimum Gasteiger partial charge on any atom is -0.0648 e. The van der Waals surface area contributed by atoms with Crippen molar-refractivity contribution < 1.29 is 0 Å². The van der Waals surface area contributed by atoms with E-state index in [2.05, 4.69) is 69.3 Å². The molecular weight excluding hydrogens is 252 g/mol. The van der Waals surface area contributed by atoms with Crippen molar-refractivity contribution in [1.82, 2.24) is 0 Å². The summed E-state index contributed by atoms with van der Waals surface area (Å²) < 4.78 is 0. The van der Waals surface area contributed by atoms with Gasteiger partial charge in [-0.15, -0.1) is 0 Å². The average molecular weight is 276 g/mol. The van der Waals surface area contributed by atoms with Gasteiger partial charge in [-0.25, -0.2) is 0 Å². The van der Waals surface area contributed by atoms with Gasteiger partial charge in [-0.3, -0.25) is 0 Å². The van der Waals surface area contributed by atoms with Gasteiger partial charge in [0.25, 0.3) is 0 Å². The molecule has 2 aromatic rings. The molecule has 0 nitrogen and oxygen atoms in total. The first-order valence-electron chi connectivity index (χ1n) is 8.09. The molecule has 0 heteroatoms. The summed E-state index contributed by atoms with van der Waals surface area (Å²) in [5.74, 6) is 0.607. The summed E-state index contributed by atoms with van der Waals surface area (Å²) in [7, 11) is 0. The largest absolute Gasteiger partial charge is 0.0648 e. The Morgan fingerprint density at radius 2 is 1.57 bits per heavy atom. The van der Waals surface area contributed by atoms with E-state index in [9.17, 15) is 0 Å². The molecule has 0 saturated heterocycles. The molecule has 0 amide bonds. The summed E-state index contributed by atoms with van der Waals surface area (Å²) in [6.07, 6.45) is 3.54. The van der Waals surface area contributed by atoms with Crippen molar-refractivity contribution in [2.45, 2.75) is 46.0 Å². The molecule has 3 rings (SSSR count). The lowest BCUT2D eigenvalue weighted by Gasteiger charge is -2.25. The van der Waals surface area contributed by atoms with E-state index < -0.39 is 0 Å². The second-order valence-electron chi connectivity index (χ2n) is 6.21. The van der Waals surface area contributed by atoms with Crippen LogP contribution in [0, 0.1) is 0 Å². The Morgan fingerprint density at radius 3 is 2.33 bits per heavy atom. The van der Waals surface area contributed by atoms with Crippen molar-refractivity contribution in [3.63, 3.8) is 0 Å². The highest BCUT2D eigenvalue weighted by atomic mass is 14.2. The van der Waals surface area contributed by atoms with E-state index in [1.165, 1.54) is 52.7 Å². The van der Waals surface area contributed by atoms with Crippen LogP contribution >= 0.6 is 0 Å². The smallest absolute Gasteiger partial charge is 0.0116 e. The lowest BCUT2D eigenvalue weighted by molar-refractivity contribution is 0.731. The van der Waals surface area contributed by atoms with E-state index in [-0.39, 0.29) is 0 Å². The van der Waals surface area contributed by atoms with E-state index >= 15 is 0 Å². The Bertz CT molecular complexity index is 676. The molecule has 2 aromatic carbocycles. The lowest BCUT2D eigenvalue weighted by atomic mass is 9.79. The van der Waals surface area contributed by atoms with Crippen molar-refractivity contribution in [1.29, 1.82) is 0 Å². The summed E-state index contributed by atoms with van der Waals surface area (Å²) in [6.45, 7) is 6.92. The van der Waals surface area contributed by atoms with Gasteiger partial charge in [-0.1, -0.05) is 68.0 Å². The molecule has 0 N–H and O–H groups in total. The number of aryl methyl sites for hydroxylation is 1. The van der Waals surface area contributed by atoms with E-state index in [1.54, 1.807) is 0 Å². The molecule has 1 unspecified atom stereocenters. The van der Waals surface area contributed by atoms with Crippen molar-refractivity contribution in [2.24, 2.45) is 0 Å². The SMILES string of the molecule is CCC(C)c1ccccc1C1=C(C)CCc2ccccc21. The minimum atomic E-state index is 0.607. The Balaban J connectivity index is 2.20. The molecule has 0 fully saturated rings. The zero-order valence-electron chi connectivity index (χ0n) is 13.3. The first kappa shape index (κ1) is 14.1. The highest BCUT2D eigenvalue weighted by Crippen LogP contribution is 2.39. The molecule has 1 atom stereocenters. The summed E-state index contributed by atoms with van der Waals surface area (Å²) in [5.41, 5.74) is 8.88. The molecule has 1 aliphatic carbocycles. The maximum atomic E-state index is 2.34. The van der Waals surface area contributed by atoms with Crippen molar-refractivity contribution in [3.05, 3.63) is 76.4 Å². The van der Waals surface area contributed by atoms with Gasteiger partial charge in [-0.2, -0.15) is 0 Å². The molecule has 0 bridgehead atoms. The molecular formula is C21H24. The molecule has 108 valence electrons. The monoisotopic (exact) mass is 276 g/mol. The van der Waals surface area contributed by atoms with Gasteiger partial charge in [-0.05, 0) is 59.9 Å². The number of allylic oxidation sites excluding steroid dienone is 1. The predicted octanol–water partition coefficient (Wildman–Crippen LogP) is 5.97. The second-order valence-corrected chi connectivity index (χ2v) is 6.21. The zero-order chi connectivity index (χ0) is 14.8. The van der Waals surface area contributed by atoms with E-state index in [0.29, 0.717) is 5.92 Å². The summed E-state index contributed by atoms with van der Waals surface area (Å²) in [4.78, 5) is 0. The van der Waals surface area contributed by atoms with Crippen LogP contribution in [0.1, 0.15) is 61.8 Å². The zero-order valence-corrected chi connectivity index (χ0v) is 13.3. The van der Waals surface area contributed by atoms with Crippen molar-refractivity contribution in [3.8, 4) is 0 Å². The third-order valence-corrected chi connectivity index (χ3v) is 4.86. The maximum absolute atomic E-state index is 2.34. The van der Waals surface area contributed by atoms with E-state index in [0.717, 1.165) is 0 Å². The van der Waals surface area contributed by atoms with Gasteiger partial charge in [0.1, 0.15) is 0 Å². The maximum Gasteiger partial charge on any atom is -0.0116 e. The fourth-order valence-corrected chi connectivity index (χ4v) is 3.41. The second kappa shape index (κ2) is 5.89. The normalized spacial score (nSPS) is 15.8. The quantitative estimate of drug-likeness (QED) is 0.648. The van der Waals surface area contributed by atoms with Crippen LogP contribution in [0.15, 0.2) is 54.1 Å². The van der Waals surface area contributed by atoms with Gasteiger partial charge in [0.2, 0.25) is 0 Å². The van der Waals surface area contributed by atoms with Crippen LogP contribution in [-0.4, -0.2) is 0 Å². The van der Waals surface area contributed by atoms with Gasteiger partial charge in [0.15, 0.2) is 0 Å².